The Morgan fingerprint density at radius 1 is 1.08 bits per heavy atom. The molecule has 2 heterocycles. The molecule has 0 aliphatic heterocycles. The van der Waals surface area contributed by atoms with Crippen LogP contribution < -0.4 is 4.74 Å². The minimum absolute atomic E-state index is 0.109. The Bertz CT molecular complexity index is 856. The van der Waals surface area contributed by atoms with Crippen LogP contribution in [0.15, 0.2) is 50.5 Å². The van der Waals surface area contributed by atoms with E-state index >= 15 is 0 Å². The molecule has 25 heavy (non-hydrogen) atoms. The van der Waals surface area contributed by atoms with E-state index in [1.165, 1.54) is 18.9 Å². The molecule has 0 saturated carbocycles. The predicted molar refractivity (Wildman–Crippen MR) is 90.6 cm³/mol. The third kappa shape index (κ3) is 3.85. The summed E-state index contributed by atoms with van der Waals surface area (Å²) < 4.78 is 20.9. The summed E-state index contributed by atoms with van der Waals surface area (Å²) in [6, 6.07) is 10.6. The predicted octanol–water partition coefficient (Wildman–Crippen LogP) is 3.98. The van der Waals surface area contributed by atoms with Gasteiger partial charge in [0.15, 0.2) is 0 Å². The van der Waals surface area contributed by atoms with Crippen molar-refractivity contribution in [2.45, 2.75) is 17.4 Å². The fourth-order valence-corrected chi connectivity index (χ4v) is 2.86. The van der Waals surface area contributed by atoms with E-state index in [2.05, 4.69) is 14.9 Å². The van der Waals surface area contributed by atoms with Crippen molar-refractivity contribution in [3.63, 3.8) is 0 Å². The van der Waals surface area contributed by atoms with Crippen LogP contribution in [0.3, 0.4) is 0 Å². The summed E-state index contributed by atoms with van der Waals surface area (Å²) in [7, 11) is 2.92. The number of methoxy groups -OCH3 is 2. The molecule has 0 fully saturated rings. The molecule has 0 amide bonds. The van der Waals surface area contributed by atoms with Crippen molar-refractivity contribution in [1.82, 2.24) is 10.2 Å². The zero-order chi connectivity index (χ0) is 17.8. The van der Waals surface area contributed by atoms with E-state index < -0.39 is 5.97 Å². The van der Waals surface area contributed by atoms with E-state index in [-0.39, 0.29) is 11.0 Å². The molecular weight excluding hydrogens is 344 g/mol. The molecule has 0 spiro atoms. The van der Waals surface area contributed by atoms with Crippen LogP contribution in [0.25, 0.3) is 11.5 Å². The van der Waals surface area contributed by atoms with Gasteiger partial charge in [-0.25, -0.2) is 4.79 Å². The van der Waals surface area contributed by atoms with Gasteiger partial charge in [-0.1, -0.05) is 11.8 Å². The standard InChI is InChI=1S/C17H16N2O5S/c1-10(13-8-9-14(23-13)16(20)22-3)25-17-19-18-15(24-17)11-4-6-12(21-2)7-5-11/h4-10H,1-3H3. The summed E-state index contributed by atoms with van der Waals surface area (Å²) in [6.45, 7) is 1.92. The number of nitrogens with zero attached hydrogens (tertiary/aromatic N) is 2. The van der Waals surface area contributed by atoms with Gasteiger partial charge >= 0.3 is 5.97 Å². The highest BCUT2D eigenvalue weighted by atomic mass is 32.2. The Labute approximate surface area is 148 Å². The lowest BCUT2D eigenvalue weighted by molar-refractivity contribution is 0.0563. The quantitative estimate of drug-likeness (QED) is 0.482. The number of carbonyl (C=O) groups is 1. The van der Waals surface area contributed by atoms with Crippen LogP contribution in [-0.4, -0.2) is 30.4 Å². The highest BCUT2D eigenvalue weighted by Gasteiger charge is 2.19. The first-order valence-corrected chi connectivity index (χ1v) is 8.31. The van der Waals surface area contributed by atoms with Crippen molar-refractivity contribution in [2.75, 3.05) is 14.2 Å². The summed E-state index contributed by atoms with van der Waals surface area (Å²) in [5.74, 6) is 1.45. The lowest BCUT2D eigenvalue weighted by atomic mass is 10.2. The normalized spacial score (nSPS) is 12.0. The van der Waals surface area contributed by atoms with Crippen molar-refractivity contribution >= 4 is 17.7 Å². The number of ether oxygens (including phenoxy) is 2. The number of carbonyl (C=O) groups excluding carboxylic acids is 1. The van der Waals surface area contributed by atoms with Crippen molar-refractivity contribution in [1.29, 1.82) is 0 Å². The number of hydrogen-bond donors (Lipinski definition) is 0. The smallest absolute Gasteiger partial charge is 0.373 e. The van der Waals surface area contributed by atoms with Gasteiger partial charge < -0.3 is 18.3 Å². The van der Waals surface area contributed by atoms with Gasteiger partial charge in [-0.15, -0.1) is 10.2 Å². The molecule has 130 valence electrons. The topological polar surface area (TPSA) is 87.6 Å². The van der Waals surface area contributed by atoms with Crippen molar-refractivity contribution in [3.05, 3.63) is 47.9 Å². The molecule has 3 rings (SSSR count). The Kier molecular flexibility index (Phi) is 5.08. The fraction of sp³-hybridized carbons (Fsp3) is 0.235. The van der Waals surface area contributed by atoms with Crippen LogP contribution in [-0.2, 0) is 4.74 Å². The van der Waals surface area contributed by atoms with Crippen LogP contribution in [0.2, 0.25) is 0 Å². The Balaban J connectivity index is 1.69. The first kappa shape index (κ1) is 17.1. The zero-order valence-electron chi connectivity index (χ0n) is 13.9. The molecule has 3 aromatic rings. The van der Waals surface area contributed by atoms with Crippen LogP contribution in [0.5, 0.6) is 5.75 Å². The van der Waals surface area contributed by atoms with Gasteiger partial charge in [0.05, 0.1) is 19.5 Å². The maximum absolute atomic E-state index is 11.4. The highest BCUT2D eigenvalue weighted by molar-refractivity contribution is 7.99. The summed E-state index contributed by atoms with van der Waals surface area (Å²) in [4.78, 5) is 11.4. The number of hydrogen-bond acceptors (Lipinski definition) is 8. The molecule has 0 aliphatic rings. The molecule has 0 radical (unpaired) electrons. The Hall–Kier alpha value is -2.74. The molecule has 0 N–H and O–H groups in total. The van der Waals surface area contributed by atoms with E-state index in [0.29, 0.717) is 16.9 Å². The van der Waals surface area contributed by atoms with Crippen LogP contribution in [0.1, 0.15) is 28.5 Å². The molecule has 8 heteroatoms. The van der Waals surface area contributed by atoms with Crippen molar-refractivity contribution in [3.8, 4) is 17.2 Å². The van der Waals surface area contributed by atoms with E-state index in [9.17, 15) is 4.79 Å². The van der Waals surface area contributed by atoms with Gasteiger partial charge in [0.25, 0.3) is 5.22 Å². The second kappa shape index (κ2) is 7.43. The number of thioether (sulfide) groups is 1. The number of benzene rings is 1. The second-order valence-corrected chi connectivity index (χ2v) is 6.35. The van der Waals surface area contributed by atoms with E-state index in [1.807, 2.05) is 31.2 Å². The molecule has 2 aromatic heterocycles. The molecular formula is C17H16N2O5S. The van der Waals surface area contributed by atoms with Crippen molar-refractivity contribution < 1.29 is 23.1 Å². The van der Waals surface area contributed by atoms with Crippen LogP contribution >= 0.6 is 11.8 Å². The first-order valence-electron chi connectivity index (χ1n) is 7.43. The first-order chi connectivity index (χ1) is 12.1. The molecule has 0 saturated heterocycles. The lowest BCUT2D eigenvalue weighted by Crippen LogP contribution is -1.98. The minimum atomic E-state index is -0.511. The van der Waals surface area contributed by atoms with Crippen molar-refractivity contribution in [2.24, 2.45) is 0 Å². The zero-order valence-corrected chi connectivity index (χ0v) is 14.7. The Morgan fingerprint density at radius 2 is 1.84 bits per heavy atom. The van der Waals surface area contributed by atoms with Crippen LogP contribution in [0, 0.1) is 0 Å². The maximum Gasteiger partial charge on any atom is 0.373 e. The number of rotatable bonds is 6. The molecule has 0 aliphatic carbocycles. The van der Waals surface area contributed by atoms with E-state index in [4.69, 9.17) is 13.6 Å². The molecule has 0 bridgehead atoms. The summed E-state index contributed by atoms with van der Waals surface area (Å²) in [5, 5.41) is 8.40. The monoisotopic (exact) mass is 360 g/mol. The van der Waals surface area contributed by atoms with Crippen LogP contribution in [0.4, 0.5) is 0 Å². The van der Waals surface area contributed by atoms with Gasteiger partial charge in [-0.2, -0.15) is 0 Å². The summed E-state index contributed by atoms with van der Waals surface area (Å²) in [6.07, 6.45) is 0. The molecule has 7 nitrogen and oxygen atoms in total. The van der Waals surface area contributed by atoms with Gasteiger partial charge in [0.2, 0.25) is 11.7 Å². The van der Waals surface area contributed by atoms with Gasteiger partial charge in [0.1, 0.15) is 11.5 Å². The largest absolute Gasteiger partial charge is 0.497 e. The minimum Gasteiger partial charge on any atom is -0.497 e. The molecule has 1 aromatic carbocycles. The van der Waals surface area contributed by atoms with E-state index in [0.717, 1.165) is 11.3 Å². The van der Waals surface area contributed by atoms with Gasteiger partial charge in [-0.3, -0.25) is 0 Å². The lowest BCUT2D eigenvalue weighted by Gasteiger charge is -2.04. The maximum atomic E-state index is 11.4. The molecule has 1 atom stereocenters. The average Bonchev–Trinajstić information content (AvgIpc) is 3.31. The highest BCUT2D eigenvalue weighted by Crippen LogP contribution is 2.36. The average molecular weight is 360 g/mol. The number of aromatic nitrogens is 2. The number of esters is 1. The number of furan rings is 1. The SMILES string of the molecule is COC(=O)c1ccc(C(C)Sc2nnc(-c3ccc(OC)cc3)o2)o1. The van der Waals surface area contributed by atoms with Gasteiger partial charge in [-0.05, 0) is 43.3 Å². The van der Waals surface area contributed by atoms with Gasteiger partial charge in [0, 0.05) is 5.56 Å². The third-order valence-electron chi connectivity index (χ3n) is 3.44. The molecule has 1 unspecified atom stereocenters. The fourth-order valence-electron chi connectivity index (χ4n) is 2.10. The third-order valence-corrected chi connectivity index (χ3v) is 4.39. The van der Waals surface area contributed by atoms with E-state index in [1.54, 1.807) is 19.2 Å². The summed E-state index contributed by atoms with van der Waals surface area (Å²) >= 11 is 1.34. The summed E-state index contributed by atoms with van der Waals surface area (Å²) in [5.41, 5.74) is 0.804. The second-order valence-electron chi connectivity index (χ2n) is 5.06. The Morgan fingerprint density at radius 3 is 2.52 bits per heavy atom.